The van der Waals surface area contributed by atoms with E-state index in [0.717, 1.165) is 30.0 Å². The first-order chi connectivity index (χ1) is 12.6. The van der Waals surface area contributed by atoms with Gasteiger partial charge < -0.3 is 15.0 Å². The Morgan fingerprint density at radius 3 is 2.46 bits per heavy atom. The number of amides is 2. The van der Waals surface area contributed by atoms with Crippen molar-refractivity contribution in [2.24, 2.45) is 0 Å². The minimum absolute atomic E-state index is 0.148. The Morgan fingerprint density at radius 2 is 1.73 bits per heavy atom. The second-order valence-corrected chi connectivity index (χ2v) is 6.51. The van der Waals surface area contributed by atoms with Gasteiger partial charge in [-0.15, -0.1) is 0 Å². The summed E-state index contributed by atoms with van der Waals surface area (Å²) in [4.78, 5) is 19.7. The van der Waals surface area contributed by atoms with E-state index < -0.39 is 6.03 Å². The zero-order valence-corrected chi connectivity index (χ0v) is 15.1. The highest BCUT2D eigenvalue weighted by Gasteiger charge is 2.24. The van der Waals surface area contributed by atoms with Gasteiger partial charge in [-0.1, -0.05) is 42.5 Å². The maximum atomic E-state index is 12.2. The molecule has 2 aromatic rings. The van der Waals surface area contributed by atoms with Crippen molar-refractivity contribution in [2.75, 3.05) is 23.3 Å². The van der Waals surface area contributed by atoms with Gasteiger partial charge in [0.25, 0.3) is 0 Å². The van der Waals surface area contributed by atoms with Crippen molar-refractivity contribution in [3.05, 3.63) is 60.2 Å². The number of para-hydroxylation sites is 2. The number of hydrogen-bond acceptors (Lipinski definition) is 4. The van der Waals surface area contributed by atoms with E-state index in [1.807, 2.05) is 54.6 Å². The van der Waals surface area contributed by atoms with Crippen LogP contribution in [0.5, 0.6) is 0 Å². The predicted octanol–water partition coefficient (Wildman–Crippen LogP) is 3.55. The molecular formula is C20H25N3O3. The minimum atomic E-state index is -0.400. The van der Waals surface area contributed by atoms with Crippen molar-refractivity contribution in [1.82, 2.24) is 5.48 Å². The molecule has 1 saturated heterocycles. The molecule has 1 fully saturated rings. The molecule has 0 aromatic heterocycles. The Balaban J connectivity index is 1.58. The molecule has 1 heterocycles. The first-order valence-electron chi connectivity index (χ1n) is 8.84. The molecule has 0 saturated carbocycles. The smallest absolute Gasteiger partial charge is 0.343 e. The molecule has 0 unspecified atom stereocenters. The number of hydrogen-bond donors (Lipinski definition) is 2. The summed E-state index contributed by atoms with van der Waals surface area (Å²) in [5.41, 5.74) is 5.15. The fourth-order valence-electron chi connectivity index (χ4n) is 3.14. The van der Waals surface area contributed by atoms with Gasteiger partial charge in [-0.25, -0.2) is 10.3 Å². The molecule has 0 bridgehead atoms. The van der Waals surface area contributed by atoms with Gasteiger partial charge in [0.15, 0.2) is 0 Å². The Kier molecular flexibility index (Phi) is 6.09. The topological polar surface area (TPSA) is 62.8 Å². The van der Waals surface area contributed by atoms with Crippen LogP contribution in [-0.4, -0.2) is 31.3 Å². The van der Waals surface area contributed by atoms with E-state index in [4.69, 9.17) is 9.57 Å². The predicted molar refractivity (Wildman–Crippen MR) is 102 cm³/mol. The normalized spacial score (nSPS) is 19.8. The van der Waals surface area contributed by atoms with Crippen LogP contribution in [-0.2, 0) is 16.2 Å². The lowest BCUT2D eigenvalue weighted by molar-refractivity contribution is -0.00517. The fourth-order valence-corrected chi connectivity index (χ4v) is 3.14. The Bertz CT molecular complexity index is 713. The molecule has 1 aliphatic rings. The van der Waals surface area contributed by atoms with Crippen LogP contribution in [0.2, 0.25) is 0 Å². The van der Waals surface area contributed by atoms with Gasteiger partial charge in [-0.05, 0) is 31.5 Å². The molecule has 138 valence electrons. The second-order valence-electron chi connectivity index (χ2n) is 6.51. The van der Waals surface area contributed by atoms with Crippen LogP contribution in [0.1, 0.15) is 19.4 Å². The third-order valence-electron chi connectivity index (χ3n) is 4.16. The third kappa shape index (κ3) is 4.97. The number of ether oxygens (including phenoxy) is 1. The molecule has 1 aliphatic heterocycles. The summed E-state index contributed by atoms with van der Waals surface area (Å²) in [6.07, 6.45) is 0.296. The summed E-state index contributed by atoms with van der Waals surface area (Å²) in [5, 5.41) is 2.87. The number of carbonyl (C=O) groups excluding carboxylic acids is 1. The third-order valence-corrected chi connectivity index (χ3v) is 4.16. The van der Waals surface area contributed by atoms with Gasteiger partial charge >= 0.3 is 6.03 Å². The average Bonchev–Trinajstić information content (AvgIpc) is 2.62. The van der Waals surface area contributed by atoms with E-state index >= 15 is 0 Å². The molecule has 2 aromatic carbocycles. The van der Waals surface area contributed by atoms with Gasteiger partial charge in [0.2, 0.25) is 0 Å². The quantitative estimate of drug-likeness (QED) is 0.805. The number of morpholine rings is 1. The molecule has 2 N–H and O–H groups in total. The van der Waals surface area contributed by atoms with Crippen LogP contribution in [0, 0.1) is 0 Å². The highest BCUT2D eigenvalue weighted by Crippen LogP contribution is 2.28. The molecule has 0 radical (unpaired) electrons. The highest BCUT2D eigenvalue weighted by molar-refractivity contribution is 5.92. The molecule has 3 rings (SSSR count). The van der Waals surface area contributed by atoms with Gasteiger partial charge in [-0.3, -0.25) is 4.84 Å². The van der Waals surface area contributed by atoms with E-state index in [9.17, 15) is 4.79 Å². The first-order valence-corrected chi connectivity index (χ1v) is 8.84. The van der Waals surface area contributed by atoms with Crippen LogP contribution in [0.3, 0.4) is 0 Å². The Hall–Kier alpha value is -2.57. The molecular weight excluding hydrogens is 330 g/mol. The molecule has 2 atom stereocenters. The van der Waals surface area contributed by atoms with Crippen molar-refractivity contribution in [2.45, 2.75) is 32.7 Å². The zero-order chi connectivity index (χ0) is 18.4. The maximum absolute atomic E-state index is 12.2. The molecule has 2 amide bonds. The largest absolute Gasteiger partial charge is 0.372 e. The number of carbonyl (C=O) groups is 1. The maximum Gasteiger partial charge on any atom is 0.343 e. The number of nitrogens with zero attached hydrogens (tertiary/aromatic N) is 1. The van der Waals surface area contributed by atoms with Crippen molar-refractivity contribution < 1.29 is 14.4 Å². The summed E-state index contributed by atoms with van der Waals surface area (Å²) in [5.74, 6) is 0. The van der Waals surface area contributed by atoms with E-state index in [2.05, 4.69) is 29.5 Å². The van der Waals surface area contributed by atoms with Gasteiger partial charge in [-0.2, -0.15) is 0 Å². The van der Waals surface area contributed by atoms with E-state index in [1.165, 1.54) is 0 Å². The van der Waals surface area contributed by atoms with Crippen molar-refractivity contribution >= 4 is 17.4 Å². The van der Waals surface area contributed by atoms with Crippen LogP contribution < -0.4 is 15.7 Å². The average molecular weight is 355 g/mol. The molecule has 0 aliphatic carbocycles. The summed E-state index contributed by atoms with van der Waals surface area (Å²) in [7, 11) is 0. The number of hydroxylamine groups is 1. The SMILES string of the molecule is C[C@@H]1CN(c2ccccc2NC(=O)NOCc2ccccc2)C[C@H](C)O1. The number of rotatable bonds is 5. The van der Waals surface area contributed by atoms with E-state index in [-0.39, 0.29) is 12.2 Å². The number of urea groups is 1. The van der Waals surface area contributed by atoms with Gasteiger partial charge in [0, 0.05) is 13.1 Å². The number of nitrogens with one attached hydrogen (secondary N) is 2. The van der Waals surface area contributed by atoms with Gasteiger partial charge in [0.1, 0.15) is 0 Å². The van der Waals surface area contributed by atoms with E-state index in [1.54, 1.807) is 0 Å². The Morgan fingerprint density at radius 1 is 1.08 bits per heavy atom. The van der Waals surface area contributed by atoms with Gasteiger partial charge in [0.05, 0.1) is 30.2 Å². The summed E-state index contributed by atoms with van der Waals surface area (Å²) < 4.78 is 5.79. The van der Waals surface area contributed by atoms with Crippen molar-refractivity contribution in [3.63, 3.8) is 0 Å². The number of anilines is 2. The summed E-state index contributed by atoms with van der Waals surface area (Å²) in [6, 6.07) is 17.0. The molecule has 6 nitrogen and oxygen atoms in total. The molecule has 6 heteroatoms. The lowest BCUT2D eigenvalue weighted by atomic mass is 10.1. The number of benzene rings is 2. The second kappa shape index (κ2) is 8.69. The molecule has 0 spiro atoms. The highest BCUT2D eigenvalue weighted by atomic mass is 16.7. The van der Waals surface area contributed by atoms with Crippen LogP contribution in [0.25, 0.3) is 0 Å². The lowest BCUT2D eigenvalue weighted by Crippen LogP contribution is -2.45. The zero-order valence-electron chi connectivity index (χ0n) is 15.1. The van der Waals surface area contributed by atoms with Crippen LogP contribution in [0.15, 0.2) is 54.6 Å². The van der Waals surface area contributed by atoms with Crippen LogP contribution >= 0.6 is 0 Å². The standard InChI is InChI=1S/C20H25N3O3/c1-15-12-23(13-16(2)26-15)19-11-7-6-10-18(19)21-20(24)22-25-14-17-8-4-3-5-9-17/h3-11,15-16H,12-14H2,1-2H3,(H2,21,22,24)/t15-,16+. The molecule has 26 heavy (non-hydrogen) atoms. The summed E-state index contributed by atoms with van der Waals surface area (Å²) >= 11 is 0. The fraction of sp³-hybridized carbons (Fsp3) is 0.350. The first kappa shape index (κ1) is 18.2. The van der Waals surface area contributed by atoms with Crippen LogP contribution in [0.4, 0.5) is 16.2 Å². The minimum Gasteiger partial charge on any atom is -0.372 e. The lowest BCUT2D eigenvalue weighted by Gasteiger charge is -2.37. The monoisotopic (exact) mass is 355 g/mol. The van der Waals surface area contributed by atoms with Crippen molar-refractivity contribution in [3.8, 4) is 0 Å². The van der Waals surface area contributed by atoms with Crippen molar-refractivity contribution in [1.29, 1.82) is 0 Å². The summed E-state index contributed by atoms with van der Waals surface area (Å²) in [6.45, 7) is 6.00. The van der Waals surface area contributed by atoms with E-state index in [0.29, 0.717) is 6.61 Å². The Labute approximate surface area is 154 Å².